The lowest BCUT2D eigenvalue weighted by Gasteiger charge is -2.35. The van der Waals surface area contributed by atoms with Crippen LogP contribution in [0, 0.1) is 12.3 Å². The summed E-state index contributed by atoms with van der Waals surface area (Å²) in [5.41, 5.74) is 12.3. The Morgan fingerprint density at radius 3 is 2.22 bits per heavy atom. The number of amides is 4. The number of hydrogen-bond donors (Lipinski definition) is 5. The number of ether oxygens (including phenoxy) is 2. The smallest absolute Gasteiger partial charge is 0.246 e. The van der Waals surface area contributed by atoms with Crippen LogP contribution in [-0.4, -0.2) is 134 Å². The van der Waals surface area contributed by atoms with Crippen LogP contribution >= 0.6 is 11.3 Å². The maximum absolute atomic E-state index is 14.1. The van der Waals surface area contributed by atoms with Crippen molar-refractivity contribution in [2.75, 3.05) is 58.2 Å². The van der Waals surface area contributed by atoms with Crippen LogP contribution in [0.15, 0.2) is 84.4 Å². The number of thiazole rings is 1. The molecule has 2 aliphatic rings. The molecule has 0 bridgehead atoms. The molecule has 4 heterocycles. The van der Waals surface area contributed by atoms with E-state index in [1.54, 1.807) is 35.6 Å². The van der Waals surface area contributed by atoms with Gasteiger partial charge in [-0.15, -0.1) is 21.5 Å². The number of β-amino-alcohol motifs (C(OH)–C–C–N with tert-alkyl or cyclic N) is 1. The van der Waals surface area contributed by atoms with Gasteiger partial charge in [-0.05, 0) is 73.1 Å². The van der Waals surface area contributed by atoms with Crippen LogP contribution in [0.2, 0.25) is 0 Å². The van der Waals surface area contributed by atoms with E-state index in [2.05, 4.69) is 30.7 Å². The van der Waals surface area contributed by atoms with Crippen molar-refractivity contribution in [3.8, 4) is 38.9 Å². The van der Waals surface area contributed by atoms with Crippen molar-refractivity contribution >= 4 is 40.8 Å². The summed E-state index contributed by atoms with van der Waals surface area (Å²) in [7, 11) is 0. The number of hydrogen-bond acceptors (Lipinski definition) is 14. The SMILES string of the molecule is Cc1ncsc1-c1ccc([C@H](C)NC(=O)[C@@H]2C[C@@H](O)CN2C(=O)[C@@H](NC(=O)CCCCCCCCCCC(=O)N2CCN(CCOc3cccc(CCOc4cc(-c5ccccc5O)nnc4N)c3)CC2)C(C)(C)C)cc1. The number of phenols is 1. The third-order valence-corrected chi connectivity index (χ3v) is 15.5. The fraction of sp³-hybridized carbons (Fsp3) is 0.508. The van der Waals surface area contributed by atoms with Gasteiger partial charge >= 0.3 is 0 Å². The molecular weight excluding hydrogens is 995 g/mol. The Balaban J connectivity index is 0.712. The van der Waals surface area contributed by atoms with E-state index in [0.29, 0.717) is 55.9 Å². The summed E-state index contributed by atoms with van der Waals surface area (Å²) < 4.78 is 12.1. The molecule has 2 saturated heterocycles. The average Bonchev–Trinajstić information content (AvgIpc) is 4.04. The Bertz CT molecular complexity index is 2720. The molecule has 2 fully saturated rings. The van der Waals surface area contributed by atoms with Crippen molar-refractivity contribution < 1.29 is 38.9 Å². The number of carbonyl (C=O) groups is 4. The number of aryl methyl sites for hydroxylation is 1. The van der Waals surface area contributed by atoms with E-state index in [1.807, 2.05) is 99.6 Å². The molecule has 77 heavy (non-hydrogen) atoms. The Kier molecular flexibility index (Phi) is 21.2. The van der Waals surface area contributed by atoms with Crippen LogP contribution in [0.3, 0.4) is 0 Å². The van der Waals surface area contributed by atoms with Gasteiger partial charge in [0, 0.05) is 76.6 Å². The summed E-state index contributed by atoms with van der Waals surface area (Å²) in [4.78, 5) is 65.3. The van der Waals surface area contributed by atoms with Crippen LogP contribution in [-0.2, 0) is 25.6 Å². The predicted molar refractivity (Wildman–Crippen MR) is 300 cm³/mol. The number of benzene rings is 3. The number of aliphatic hydroxyl groups is 1. The molecule has 6 N–H and O–H groups in total. The molecule has 0 saturated carbocycles. The number of piperazine rings is 1. The first-order valence-corrected chi connectivity index (χ1v) is 28.3. The van der Waals surface area contributed by atoms with Crippen LogP contribution in [0.1, 0.15) is 121 Å². The molecule has 0 unspecified atom stereocenters. The summed E-state index contributed by atoms with van der Waals surface area (Å²) in [6, 6.07) is 22.5. The number of unbranched alkanes of at least 4 members (excludes halogenated alkanes) is 7. The zero-order chi connectivity index (χ0) is 54.9. The number of anilines is 1. The van der Waals surface area contributed by atoms with E-state index in [0.717, 1.165) is 111 Å². The van der Waals surface area contributed by atoms with Crippen molar-refractivity contribution in [1.82, 2.24) is 40.5 Å². The number of nitrogens with two attached hydrogens (primary N) is 1. The van der Waals surface area contributed by atoms with Crippen molar-refractivity contribution in [2.24, 2.45) is 5.41 Å². The lowest BCUT2D eigenvalue weighted by Crippen LogP contribution is -2.57. The number of aromatic nitrogens is 3. The molecule has 0 radical (unpaired) electrons. The molecule has 5 aromatic rings. The molecule has 2 aliphatic heterocycles. The lowest BCUT2D eigenvalue weighted by molar-refractivity contribution is -0.144. The van der Waals surface area contributed by atoms with Crippen molar-refractivity contribution in [3.63, 3.8) is 0 Å². The normalized spacial score (nSPS) is 16.7. The highest BCUT2D eigenvalue weighted by molar-refractivity contribution is 7.13. The van der Waals surface area contributed by atoms with Crippen molar-refractivity contribution in [2.45, 2.75) is 136 Å². The number of likely N-dealkylation sites (tertiary alicyclic amines) is 1. The van der Waals surface area contributed by atoms with E-state index in [1.165, 1.54) is 4.90 Å². The highest BCUT2D eigenvalue weighted by atomic mass is 32.1. The van der Waals surface area contributed by atoms with Crippen LogP contribution < -0.4 is 25.8 Å². The molecule has 0 aliphatic carbocycles. The number of nitrogens with one attached hydrogen (secondary N) is 2. The second-order valence-electron chi connectivity index (χ2n) is 21.5. The number of para-hydroxylation sites is 1. The van der Waals surface area contributed by atoms with Gasteiger partial charge in [0.2, 0.25) is 23.6 Å². The quantitative estimate of drug-likeness (QED) is 0.0329. The number of phenolic OH excluding ortho intramolecular Hbond substituents is 1. The highest BCUT2D eigenvalue weighted by Gasteiger charge is 2.44. The topological polar surface area (TPSA) is 226 Å². The molecule has 17 nitrogen and oxygen atoms in total. The van der Waals surface area contributed by atoms with Gasteiger partial charge in [0.05, 0.1) is 34.8 Å². The van der Waals surface area contributed by atoms with E-state index in [-0.39, 0.29) is 54.2 Å². The minimum absolute atomic E-state index is 0.0257. The standard InChI is InChI=1S/C59H79N9O8S/c1-40(43-23-25-44(26-24-43)54-41(2)61-39-77-54)62-57(73)49-36-45(69)38-68(49)58(74)55(59(3,4)5)63-52(71)21-12-10-8-6-7-9-11-13-22-53(72)67-30-28-66(29-31-67)32-34-75-46-18-16-17-42(35-46)27-33-76-51-37-48(64-65-56(51)60)47-19-14-15-20-50(47)70/h14-20,23-26,35,37,39-40,45,49,55,69-70H,6-13,21-22,27-34,36,38H2,1-5H3,(H2,60,65)(H,62,73)(H,63,71)/t40-,45+,49-,55+/m0/s1. The minimum Gasteiger partial charge on any atom is -0.507 e. The molecule has 414 valence electrons. The van der Waals surface area contributed by atoms with Crippen LogP contribution in [0.25, 0.3) is 21.7 Å². The number of rotatable bonds is 26. The molecule has 18 heteroatoms. The third-order valence-electron chi connectivity index (χ3n) is 14.5. The predicted octanol–water partition coefficient (Wildman–Crippen LogP) is 8.28. The Morgan fingerprint density at radius 2 is 1.53 bits per heavy atom. The van der Waals surface area contributed by atoms with Crippen molar-refractivity contribution in [1.29, 1.82) is 0 Å². The number of aliphatic hydroxyl groups excluding tert-OH is 1. The van der Waals surface area contributed by atoms with Gasteiger partial charge in [-0.25, -0.2) is 4.98 Å². The molecule has 7 rings (SSSR count). The Labute approximate surface area is 458 Å². The molecule has 4 amide bonds. The van der Waals surface area contributed by atoms with Crippen LogP contribution in [0.5, 0.6) is 17.2 Å². The van der Waals surface area contributed by atoms with Gasteiger partial charge in [-0.3, -0.25) is 24.1 Å². The summed E-state index contributed by atoms with van der Waals surface area (Å²) in [5.74, 6) is 0.806. The van der Waals surface area contributed by atoms with Gasteiger partial charge in [-0.1, -0.05) is 108 Å². The molecule has 4 atom stereocenters. The first kappa shape index (κ1) is 58.1. The van der Waals surface area contributed by atoms with Gasteiger partial charge in [-0.2, -0.15) is 0 Å². The molecule has 0 spiro atoms. The third kappa shape index (κ3) is 16.9. The minimum atomic E-state index is -0.859. The fourth-order valence-electron chi connectivity index (χ4n) is 9.93. The second kappa shape index (κ2) is 28.1. The lowest BCUT2D eigenvalue weighted by atomic mass is 9.85. The highest BCUT2D eigenvalue weighted by Crippen LogP contribution is 2.32. The first-order chi connectivity index (χ1) is 37.0. The zero-order valence-electron chi connectivity index (χ0n) is 45.5. The monoisotopic (exact) mass is 1070 g/mol. The number of nitrogen functional groups attached to an aromatic ring is 1. The van der Waals surface area contributed by atoms with Gasteiger partial charge < -0.3 is 45.9 Å². The largest absolute Gasteiger partial charge is 0.507 e. The van der Waals surface area contributed by atoms with Crippen molar-refractivity contribution in [3.05, 3.63) is 101 Å². The molecule has 2 aromatic heterocycles. The van der Waals surface area contributed by atoms with Gasteiger partial charge in [0.1, 0.15) is 35.9 Å². The van der Waals surface area contributed by atoms with E-state index >= 15 is 0 Å². The summed E-state index contributed by atoms with van der Waals surface area (Å²) in [5, 5.41) is 35.0. The summed E-state index contributed by atoms with van der Waals surface area (Å²) in [6.45, 7) is 14.4. The second-order valence-corrected chi connectivity index (χ2v) is 22.4. The zero-order valence-corrected chi connectivity index (χ0v) is 46.4. The number of nitrogens with zero attached hydrogens (tertiary/aromatic N) is 6. The summed E-state index contributed by atoms with van der Waals surface area (Å²) in [6.07, 6.45) is 8.52. The molecule has 3 aromatic carbocycles. The maximum atomic E-state index is 14.1. The fourth-order valence-corrected chi connectivity index (χ4v) is 10.7. The van der Waals surface area contributed by atoms with Gasteiger partial charge in [0.15, 0.2) is 11.6 Å². The molecular formula is C59H79N9O8S. The maximum Gasteiger partial charge on any atom is 0.246 e. The first-order valence-electron chi connectivity index (χ1n) is 27.4. The Hall–Kier alpha value is -6.63. The van der Waals surface area contributed by atoms with E-state index in [9.17, 15) is 29.4 Å². The van der Waals surface area contributed by atoms with Gasteiger partial charge in [0.25, 0.3) is 0 Å². The Morgan fingerprint density at radius 1 is 0.831 bits per heavy atom. The number of carbonyl (C=O) groups excluding carboxylic acids is 4. The number of aromatic hydroxyl groups is 1. The summed E-state index contributed by atoms with van der Waals surface area (Å²) >= 11 is 1.58. The van der Waals surface area contributed by atoms with E-state index in [4.69, 9.17) is 15.2 Å². The van der Waals surface area contributed by atoms with Crippen LogP contribution in [0.4, 0.5) is 5.82 Å². The van der Waals surface area contributed by atoms with E-state index < -0.39 is 23.6 Å². The average molecular weight is 1070 g/mol.